The van der Waals surface area contributed by atoms with Crippen LogP contribution in [0.2, 0.25) is 0 Å². The molecule has 1 heterocycles. The van der Waals surface area contributed by atoms with Crippen LogP contribution in [-0.2, 0) is 11.3 Å². The molecule has 0 aliphatic heterocycles. The van der Waals surface area contributed by atoms with Crippen molar-refractivity contribution < 1.29 is 14.0 Å². The van der Waals surface area contributed by atoms with Gasteiger partial charge >= 0.3 is 6.03 Å². The number of aromatic nitrogens is 1. The first-order valence-corrected chi connectivity index (χ1v) is 9.37. The Labute approximate surface area is 168 Å². The van der Waals surface area contributed by atoms with Crippen molar-refractivity contribution in [3.05, 3.63) is 72.2 Å². The van der Waals surface area contributed by atoms with Crippen LogP contribution < -0.4 is 16.0 Å². The molecular formula is C22H23FN4O2. The summed E-state index contributed by atoms with van der Waals surface area (Å²) in [6.45, 7) is 3.94. The number of rotatable bonds is 6. The summed E-state index contributed by atoms with van der Waals surface area (Å²) in [6.07, 6.45) is 1.69. The van der Waals surface area contributed by atoms with E-state index in [4.69, 9.17) is 0 Å². The molecule has 0 fully saturated rings. The lowest BCUT2D eigenvalue weighted by Gasteiger charge is -2.22. The lowest BCUT2D eigenvalue weighted by molar-refractivity contribution is -0.118. The van der Waals surface area contributed by atoms with Crippen molar-refractivity contribution in [2.24, 2.45) is 5.92 Å². The number of fused-ring (bicyclic) bond motifs is 1. The summed E-state index contributed by atoms with van der Waals surface area (Å²) in [5, 5.41) is 9.12. The number of hydrogen-bond donors (Lipinski definition) is 3. The van der Waals surface area contributed by atoms with E-state index in [9.17, 15) is 14.0 Å². The third-order valence-electron chi connectivity index (χ3n) is 4.51. The third-order valence-corrected chi connectivity index (χ3v) is 4.51. The summed E-state index contributed by atoms with van der Waals surface area (Å²) in [4.78, 5) is 29.4. The second-order valence-electron chi connectivity index (χ2n) is 7.04. The fourth-order valence-electron chi connectivity index (χ4n) is 2.93. The van der Waals surface area contributed by atoms with Crippen LogP contribution in [0.15, 0.2) is 60.8 Å². The van der Waals surface area contributed by atoms with Gasteiger partial charge in [-0.1, -0.05) is 32.0 Å². The molecule has 2 aromatic carbocycles. The van der Waals surface area contributed by atoms with Crippen LogP contribution in [0.4, 0.5) is 14.9 Å². The minimum absolute atomic E-state index is 0.125. The normalized spacial score (nSPS) is 11.9. The fourth-order valence-corrected chi connectivity index (χ4v) is 2.93. The minimum atomic E-state index is -0.727. The van der Waals surface area contributed by atoms with Gasteiger partial charge in [0.25, 0.3) is 0 Å². The highest BCUT2D eigenvalue weighted by molar-refractivity contribution is 6.03. The number of anilines is 1. The van der Waals surface area contributed by atoms with E-state index in [1.165, 1.54) is 12.1 Å². The Morgan fingerprint density at radius 1 is 1.03 bits per heavy atom. The van der Waals surface area contributed by atoms with Crippen LogP contribution in [0.25, 0.3) is 10.9 Å². The molecule has 0 spiro atoms. The number of nitrogens with one attached hydrogen (secondary N) is 3. The van der Waals surface area contributed by atoms with Gasteiger partial charge in [-0.2, -0.15) is 0 Å². The second kappa shape index (κ2) is 9.14. The summed E-state index contributed by atoms with van der Waals surface area (Å²) in [5.41, 5.74) is 2.17. The maximum atomic E-state index is 13.0. The molecule has 3 rings (SSSR count). The predicted octanol–water partition coefficient (Wildman–Crippen LogP) is 3.84. The Balaban J connectivity index is 1.64. The quantitative estimate of drug-likeness (QED) is 0.594. The van der Waals surface area contributed by atoms with Gasteiger partial charge in [0.1, 0.15) is 11.9 Å². The maximum absolute atomic E-state index is 13.0. The van der Waals surface area contributed by atoms with Crippen LogP contribution in [0, 0.1) is 11.7 Å². The van der Waals surface area contributed by atoms with E-state index in [0.29, 0.717) is 5.69 Å². The lowest BCUT2D eigenvalue weighted by atomic mass is 10.0. The van der Waals surface area contributed by atoms with Crippen molar-refractivity contribution in [2.45, 2.75) is 26.4 Å². The Hall–Kier alpha value is -3.48. The zero-order valence-corrected chi connectivity index (χ0v) is 16.3. The van der Waals surface area contributed by atoms with Gasteiger partial charge in [-0.05, 0) is 47.9 Å². The van der Waals surface area contributed by atoms with Gasteiger partial charge in [0, 0.05) is 18.1 Å². The summed E-state index contributed by atoms with van der Waals surface area (Å²) in [5.74, 6) is -0.772. The van der Waals surface area contributed by atoms with Gasteiger partial charge in [0.05, 0.1) is 11.2 Å². The second-order valence-corrected chi connectivity index (χ2v) is 7.04. The van der Waals surface area contributed by atoms with E-state index in [-0.39, 0.29) is 24.2 Å². The van der Waals surface area contributed by atoms with E-state index < -0.39 is 12.1 Å². The SMILES string of the molecule is CC(C)[C@@H](NC(=O)NCc1ccc(F)cc1)C(=O)Nc1cccc2ncccc12. The molecule has 3 aromatic rings. The molecule has 3 N–H and O–H groups in total. The van der Waals surface area contributed by atoms with Crippen LogP contribution in [0.3, 0.4) is 0 Å². The molecule has 0 aliphatic rings. The summed E-state index contributed by atoms with van der Waals surface area (Å²) >= 11 is 0. The number of halogens is 1. The highest BCUT2D eigenvalue weighted by Crippen LogP contribution is 2.21. The Bertz CT molecular complexity index is 1000. The molecule has 1 atom stereocenters. The smallest absolute Gasteiger partial charge is 0.315 e. The Morgan fingerprint density at radius 2 is 1.79 bits per heavy atom. The van der Waals surface area contributed by atoms with Gasteiger partial charge in [0.15, 0.2) is 0 Å². The van der Waals surface area contributed by atoms with Crippen molar-refractivity contribution in [2.75, 3.05) is 5.32 Å². The number of amides is 3. The summed E-state index contributed by atoms with van der Waals surface area (Å²) in [6, 6.07) is 13.8. The van der Waals surface area contributed by atoms with Crippen molar-refractivity contribution >= 4 is 28.5 Å². The van der Waals surface area contributed by atoms with Crippen LogP contribution in [0.1, 0.15) is 19.4 Å². The van der Waals surface area contributed by atoms with Crippen LogP contribution in [-0.4, -0.2) is 23.0 Å². The molecule has 3 amide bonds. The molecule has 0 unspecified atom stereocenters. The van der Waals surface area contributed by atoms with E-state index >= 15 is 0 Å². The molecule has 0 radical (unpaired) electrons. The maximum Gasteiger partial charge on any atom is 0.315 e. The number of urea groups is 1. The molecule has 0 saturated heterocycles. The molecular weight excluding hydrogens is 371 g/mol. The molecule has 1 aromatic heterocycles. The van der Waals surface area contributed by atoms with Gasteiger partial charge in [-0.3, -0.25) is 9.78 Å². The van der Waals surface area contributed by atoms with E-state index in [0.717, 1.165) is 16.5 Å². The average molecular weight is 394 g/mol. The standard InChI is InChI=1S/C22H23FN4O2/c1-14(2)20(27-22(29)25-13-15-8-10-16(23)11-9-15)21(28)26-19-7-3-6-18-17(19)5-4-12-24-18/h3-12,14,20H,13H2,1-2H3,(H,26,28)(H2,25,27,29)/t20-/m1/s1. The van der Waals surface area contributed by atoms with Crippen LogP contribution in [0.5, 0.6) is 0 Å². The molecule has 29 heavy (non-hydrogen) atoms. The first-order valence-electron chi connectivity index (χ1n) is 9.37. The number of benzene rings is 2. The number of carbonyl (C=O) groups excluding carboxylic acids is 2. The molecule has 7 heteroatoms. The highest BCUT2D eigenvalue weighted by Gasteiger charge is 2.24. The fraction of sp³-hybridized carbons (Fsp3) is 0.227. The zero-order valence-electron chi connectivity index (χ0n) is 16.3. The zero-order chi connectivity index (χ0) is 20.8. The number of carbonyl (C=O) groups is 2. The third kappa shape index (κ3) is 5.28. The minimum Gasteiger partial charge on any atom is -0.334 e. The van der Waals surface area contributed by atoms with Crippen molar-refractivity contribution in [1.82, 2.24) is 15.6 Å². The molecule has 150 valence electrons. The van der Waals surface area contributed by atoms with Gasteiger partial charge < -0.3 is 16.0 Å². The van der Waals surface area contributed by atoms with Gasteiger partial charge in [-0.25, -0.2) is 9.18 Å². The monoisotopic (exact) mass is 394 g/mol. The number of nitrogens with zero attached hydrogens (tertiary/aromatic N) is 1. The predicted molar refractivity (Wildman–Crippen MR) is 111 cm³/mol. The van der Waals surface area contributed by atoms with Gasteiger partial charge in [0.2, 0.25) is 5.91 Å². The first-order chi connectivity index (χ1) is 13.9. The average Bonchev–Trinajstić information content (AvgIpc) is 2.71. The van der Waals surface area contributed by atoms with Crippen molar-refractivity contribution in [1.29, 1.82) is 0 Å². The van der Waals surface area contributed by atoms with E-state index in [1.807, 2.05) is 32.0 Å². The van der Waals surface area contributed by atoms with Crippen molar-refractivity contribution in [3.63, 3.8) is 0 Å². The first kappa shape index (κ1) is 20.3. The molecule has 0 saturated carbocycles. The Morgan fingerprint density at radius 3 is 2.52 bits per heavy atom. The number of pyridine rings is 1. The summed E-state index contributed by atoms with van der Waals surface area (Å²) < 4.78 is 13.0. The van der Waals surface area contributed by atoms with Gasteiger partial charge in [-0.15, -0.1) is 0 Å². The molecule has 6 nitrogen and oxygen atoms in total. The van der Waals surface area contributed by atoms with Crippen molar-refractivity contribution in [3.8, 4) is 0 Å². The van der Waals surface area contributed by atoms with Crippen LogP contribution >= 0.6 is 0 Å². The molecule has 0 bridgehead atoms. The van der Waals surface area contributed by atoms with E-state index in [2.05, 4.69) is 20.9 Å². The highest BCUT2D eigenvalue weighted by atomic mass is 19.1. The number of hydrogen-bond acceptors (Lipinski definition) is 3. The summed E-state index contributed by atoms with van der Waals surface area (Å²) in [7, 11) is 0. The van der Waals surface area contributed by atoms with E-state index in [1.54, 1.807) is 30.5 Å². The Kier molecular flexibility index (Phi) is 6.39. The lowest BCUT2D eigenvalue weighted by Crippen LogP contribution is -2.50. The molecule has 0 aliphatic carbocycles. The largest absolute Gasteiger partial charge is 0.334 e. The topological polar surface area (TPSA) is 83.1 Å².